The molecule has 1 aromatic heterocycles. The summed E-state index contributed by atoms with van der Waals surface area (Å²) in [5, 5.41) is 11.0. The van der Waals surface area contributed by atoms with Crippen LogP contribution in [0, 0.1) is 0 Å². The molecule has 0 aliphatic heterocycles. The number of imidazole rings is 1. The number of carboxylic acid groups (broad SMARTS) is 1. The molecule has 0 bridgehead atoms. The van der Waals surface area contributed by atoms with E-state index in [1.165, 1.54) is 12.5 Å². The predicted octanol–water partition coefficient (Wildman–Crippen LogP) is 3.49. The molecule has 0 radical (unpaired) electrons. The Hall–Kier alpha value is -2.14. The van der Waals surface area contributed by atoms with Crippen molar-refractivity contribution in [2.75, 3.05) is 0 Å². The van der Waals surface area contributed by atoms with Crippen LogP contribution in [0.15, 0.2) is 53.4 Å². The summed E-state index contributed by atoms with van der Waals surface area (Å²) < 4.78 is 2.73. The van der Waals surface area contributed by atoms with E-state index < -0.39 is 5.97 Å². The van der Waals surface area contributed by atoms with Gasteiger partial charge >= 0.3 is 5.97 Å². The highest BCUT2D eigenvalue weighted by atomic mass is 79.9. The summed E-state index contributed by atoms with van der Waals surface area (Å²) in [6, 6.07) is 11.8. The molecule has 0 aliphatic rings. The largest absolute Gasteiger partial charge is 0.476 e. The maximum absolute atomic E-state index is 10.9. The minimum Gasteiger partial charge on any atom is -0.476 e. The molecule has 19 heavy (non-hydrogen) atoms. The van der Waals surface area contributed by atoms with E-state index >= 15 is 0 Å². The third kappa shape index (κ3) is 2.02. The Kier molecular flexibility index (Phi) is 2.83. The Bertz CT molecular complexity index is 780. The quantitative estimate of drug-likeness (QED) is 0.787. The summed E-state index contributed by atoms with van der Waals surface area (Å²) in [6.45, 7) is 0. The second-order valence-electron chi connectivity index (χ2n) is 4.08. The van der Waals surface area contributed by atoms with Crippen molar-refractivity contribution < 1.29 is 9.90 Å². The number of nitrogens with zero attached hydrogens (tertiary/aromatic N) is 2. The van der Waals surface area contributed by atoms with Gasteiger partial charge in [-0.1, -0.05) is 40.2 Å². The lowest BCUT2D eigenvalue weighted by Crippen LogP contribution is -1.96. The minimum absolute atomic E-state index is 0.0343. The van der Waals surface area contributed by atoms with Gasteiger partial charge in [0, 0.05) is 16.1 Å². The summed E-state index contributed by atoms with van der Waals surface area (Å²) in [6.07, 6.45) is 3.02. The molecule has 0 unspecified atom stereocenters. The average Bonchev–Trinajstić information content (AvgIpc) is 2.89. The van der Waals surface area contributed by atoms with Crippen LogP contribution >= 0.6 is 15.9 Å². The number of benzene rings is 2. The molecule has 1 heterocycles. The smallest absolute Gasteiger partial charge is 0.356 e. The summed E-state index contributed by atoms with van der Waals surface area (Å²) in [7, 11) is 0. The fourth-order valence-electron chi connectivity index (χ4n) is 2.04. The van der Waals surface area contributed by atoms with E-state index in [0.717, 1.165) is 20.9 Å². The van der Waals surface area contributed by atoms with E-state index in [-0.39, 0.29) is 5.69 Å². The number of aromatic carboxylic acids is 1. The SMILES string of the molecule is O=C(O)c1cn(-c2ccc(Br)c3ccccc23)cn1. The normalized spacial score (nSPS) is 10.8. The molecule has 0 atom stereocenters. The number of carbonyl (C=O) groups is 1. The van der Waals surface area contributed by atoms with E-state index in [1.54, 1.807) is 4.57 Å². The first-order valence-corrected chi connectivity index (χ1v) is 6.41. The summed E-state index contributed by atoms with van der Waals surface area (Å²) >= 11 is 3.51. The van der Waals surface area contributed by atoms with Crippen molar-refractivity contribution in [2.24, 2.45) is 0 Å². The van der Waals surface area contributed by atoms with Crippen LogP contribution < -0.4 is 0 Å². The number of rotatable bonds is 2. The fraction of sp³-hybridized carbons (Fsp3) is 0. The Balaban J connectivity index is 2.24. The molecule has 5 heteroatoms. The lowest BCUT2D eigenvalue weighted by atomic mass is 10.1. The molecule has 0 saturated heterocycles. The van der Waals surface area contributed by atoms with E-state index in [1.807, 2.05) is 36.4 Å². The first kappa shape index (κ1) is 11.9. The first-order valence-electron chi connectivity index (χ1n) is 5.62. The van der Waals surface area contributed by atoms with Gasteiger partial charge in [0.05, 0.1) is 5.69 Å². The highest BCUT2D eigenvalue weighted by molar-refractivity contribution is 9.10. The maximum Gasteiger partial charge on any atom is 0.356 e. The maximum atomic E-state index is 10.9. The van der Waals surface area contributed by atoms with Crippen molar-refractivity contribution in [3.8, 4) is 5.69 Å². The number of carboxylic acids is 1. The van der Waals surface area contributed by atoms with E-state index in [2.05, 4.69) is 20.9 Å². The zero-order valence-corrected chi connectivity index (χ0v) is 11.3. The Morgan fingerprint density at radius 3 is 2.58 bits per heavy atom. The molecule has 2 aromatic carbocycles. The highest BCUT2D eigenvalue weighted by Gasteiger charge is 2.10. The van der Waals surface area contributed by atoms with Crippen LogP contribution in [-0.4, -0.2) is 20.6 Å². The van der Waals surface area contributed by atoms with Gasteiger partial charge < -0.3 is 9.67 Å². The monoisotopic (exact) mass is 316 g/mol. The van der Waals surface area contributed by atoms with Crippen molar-refractivity contribution in [3.05, 3.63) is 59.1 Å². The number of hydrogen-bond acceptors (Lipinski definition) is 2. The summed E-state index contributed by atoms with van der Waals surface area (Å²) in [5.41, 5.74) is 0.936. The predicted molar refractivity (Wildman–Crippen MR) is 75.7 cm³/mol. The number of hydrogen-bond donors (Lipinski definition) is 1. The van der Waals surface area contributed by atoms with Crippen LogP contribution in [0.1, 0.15) is 10.5 Å². The van der Waals surface area contributed by atoms with Crippen LogP contribution in [0.3, 0.4) is 0 Å². The molecule has 0 amide bonds. The standard InChI is InChI=1S/C14H9BrN2O2/c15-11-5-6-13(10-4-2-1-3-9(10)11)17-7-12(14(18)19)16-8-17/h1-8H,(H,18,19). The van der Waals surface area contributed by atoms with E-state index in [0.29, 0.717) is 0 Å². The second kappa shape index (κ2) is 4.51. The summed E-state index contributed by atoms with van der Waals surface area (Å²) in [4.78, 5) is 14.8. The topological polar surface area (TPSA) is 55.1 Å². The molecule has 4 nitrogen and oxygen atoms in total. The summed E-state index contributed by atoms with van der Waals surface area (Å²) in [5.74, 6) is -1.03. The van der Waals surface area contributed by atoms with Crippen LogP contribution in [0.25, 0.3) is 16.5 Å². The third-order valence-electron chi connectivity index (χ3n) is 2.93. The molecular formula is C14H9BrN2O2. The van der Waals surface area contributed by atoms with Gasteiger partial charge in [0.2, 0.25) is 0 Å². The molecule has 0 fully saturated rings. The molecule has 3 rings (SSSR count). The average molecular weight is 317 g/mol. The van der Waals surface area contributed by atoms with Crippen molar-refractivity contribution in [2.45, 2.75) is 0 Å². The fourth-order valence-corrected chi connectivity index (χ4v) is 2.51. The molecule has 0 aliphatic carbocycles. The second-order valence-corrected chi connectivity index (χ2v) is 4.94. The highest BCUT2D eigenvalue weighted by Crippen LogP contribution is 2.29. The molecule has 0 spiro atoms. The lowest BCUT2D eigenvalue weighted by Gasteiger charge is -2.08. The molecule has 1 N–H and O–H groups in total. The zero-order chi connectivity index (χ0) is 13.4. The van der Waals surface area contributed by atoms with Crippen LogP contribution in [0.5, 0.6) is 0 Å². The number of aromatic nitrogens is 2. The van der Waals surface area contributed by atoms with Gasteiger partial charge in [0.25, 0.3) is 0 Å². The van der Waals surface area contributed by atoms with Gasteiger partial charge in [-0.25, -0.2) is 9.78 Å². The Labute approximate surface area is 117 Å². The zero-order valence-electron chi connectivity index (χ0n) is 9.75. The lowest BCUT2D eigenvalue weighted by molar-refractivity contribution is 0.0691. The molecule has 0 saturated carbocycles. The van der Waals surface area contributed by atoms with Crippen molar-refractivity contribution >= 4 is 32.7 Å². The molecule has 3 aromatic rings. The van der Waals surface area contributed by atoms with Gasteiger partial charge in [-0.05, 0) is 17.5 Å². The third-order valence-corrected chi connectivity index (χ3v) is 3.62. The van der Waals surface area contributed by atoms with Crippen molar-refractivity contribution in [1.29, 1.82) is 0 Å². The van der Waals surface area contributed by atoms with Crippen molar-refractivity contribution in [3.63, 3.8) is 0 Å². The Morgan fingerprint density at radius 2 is 1.89 bits per heavy atom. The molecule has 94 valence electrons. The van der Waals surface area contributed by atoms with E-state index in [4.69, 9.17) is 5.11 Å². The number of fused-ring (bicyclic) bond motifs is 1. The molecular weight excluding hydrogens is 308 g/mol. The van der Waals surface area contributed by atoms with Gasteiger partial charge in [-0.3, -0.25) is 0 Å². The van der Waals surface area contributed by atoms with Crippen LogP contribution in [0.2, 0.25) is 0 Å². The Morgan fingerprint density at radius 1 is 1.16 bits per heavy atom. The number of halogens is 1. The van der Waals surface area contributed by atoms with Gasteiger partial charge in [-0.2, -0.15) is 0 Å². The van der Waals surface area contributed by atoms with Crippen molar-refractivity contribution in [1.82, 2.24) is 9.55 Å². The van der Waals surface area contributed by atoms with Gasteiger partial charge in [-0.15, -0.1) is 0 Å². The van der Waals surface area contributed by atoms with Gasteiger partial charge in [0.15, 0.2) is 5.69 Å². The van der Waals surface area contributed by atoms with Crippen LogP contribution in [-0.2, 0) is 0 Å². The van der Waals surface area contributed by atoms with Crippen LogP contribution in [0.4, 0.5) is 0 Å². The van der Waals surface area contributed by atoms with E-state index in [9.17, 15) is 4.79 Å². The first-order chi connectivity index (χ1) is 9.16. The minimum atomic E-state index is -1.03. The van der Waals surface area contributed by atoms with Gasteiger partial charge in [0.1, 0.15) is 6.33 Å².